The number of hydrogen-bond acceptors (Lipinski definition) is 6. The molecule has 0 amide bonds. The zero-order chi connectivity index (χ0) is 9.72. The Balaban J connectivity index is 0. The molecule has 0 saturated heterocycles. The minimum atomic E-state index is -1.79. The van der Waals surface area contributed by atoms with Crippen molar-refractivity contribution in [2.24, 2.45) is 0 Å². The minimum Gasteiger partial charge on any atom is -0.394 e. The third-order valence-corrected chi connectivity index (χ3v) is 1.42. The van der Waals surface area contributed by atoms with Crippen molar-refractivity contribution in [1.29, 1.82) is 0 Å². The van der Waals surface area contributed by atoms with Crippen LogP contribution >= 0.6 is 13.5 Å². The van der Waals surface area contributed by atoms with Crippen LogP contribution < -0.4 is 0 Å². The van der Waals surface area contributed by atoms with E-state index in [2.05, 4.69) is 0 Å². The highest BCUT2D eigenvalue weighted by molar-refractivity contribution is 7.59. The van der Waals surface area contributed by atoms with Gasteiger partial charge in [-0.05, 0) is 0 Å². The zero-order valence-electron chi connectivity index (χ0n) is 6.74. The molecule has 0 aromatic heterocycles. The smallest absolute Gasteiger partial charge is 0.151 e. The summed E-state index contributed by atoms with van der Waals surface area (Å²) in [5.74, 6) is 0. The van der Waals surface area contributed by atoms with Crippen molar-refractivity contribution < 1.29 is 30.3 Å². The molecule has 13 heavy (non-hydrogen) atoms. The van der Waals surface area contributed by atoms with Gasteiger partial charge in [-0.3, -0.25) is 0 Å². The van der Waals surface area contributed by atoms with Crippen molar-refractivity contribution in [3.63, 3.8) is 0 Å². The second-order valence-electron chi connectivity index (χ2n) is 2.36. The highest BCUT2D eigenvalue weighted by atomic mass is 32.1. The number of aliphatic hydroxyl groups excluding tert-OH is 5. The Morgan fingerprint density at radius 2 is 1.54 bits per heavy atom. The van der Waals surface area contributed by atoms with Gasteiger partial charge in [0, 0.05) is 0 Å². The molecule has 0 heterocycles. The van der Waals surface area contributed by atoms with Gasteiger partial charge in [-0.1, -0.05) is 0 Å². The second-order valence-corrected chi connectivity index (χ2v) is 2.36. The summed E-state index contributed by atoms with van der Waals surface area (Å²) in [6, 6.07) is 0. The van der Waals surface area contributed by atoms with E-state index >= 15 is 0 Å². The molecular formula is C6H14O6S. The molecule has 0 fully saturated rings. The van der Waals surface area contributed by atoms with Crippen molar-refractivity contribution in [1.82, 2.24) is 0 Å². The van der Waals surface area contributed by atoms with E-state index in [1.807, 2.05) is 0 Å². The number of carbonyl (C=O) groups is 1. The first-order valence-electron chi connectivity index (χ1n) is 3.33. The van der Waals surface area contributed by atoms with Crippen LogP contribution in [0, 0.1) is 0 Å². The van der Waals surface area contributed by atoms with Crippen LogP contribution in [0.5, 0.6) is 0 Å². The highest BCUT2D eigenvalue weighted by Gasteiger charge is 2.29. The average Bonchev–Trinajstić information content (AvgIpc) is 2.12. The molecule has 0 saturated carbocycles. The average molecular weight is 214 g/mol. The van der Waals surface area contributed by atoms with Gasteiger partial charge in [0.15, 0.2) is 6.29 Å². The first kappa shape index (κ1) is 15.3. The van der Waals surface area contributed by atoms with Gasteiger partial charge >= 0.3 is 0 Å². The standard InChI is InChI=1S/C6H12O6.H2S/c7-1-3(9)5(11)6(12)4(10)2-8;/h1,3-6,8-12H,2H2;1H2/t3-,4-,5-,6-;/m1./s1. The molecule has 0 aromatic rings. The molecule has 7 heteroatoms. The van der Waals surface area contributed by atoms with E-state index in [9.17, 15) is 4.79 Å². The Kier molecular flexibility index (Phi) is 8.53. The van der Waals surface area contributed by atoms with E-state index in [4.69, 9.17) is 25.5 Å². The fourth-order valence-corrected chi connectivity index (χ4v) is 0.618. The lowest BCUT2D eigenvalue weighted by Gasteiger charge is -2.22. The molecule has 0 aliphatic carbocycles. The van der Waals surface area contributed by atoms with Gasteiger partial charge in [0.2, 0.25) is 0 Å². The lowest BCUT2D eigenvalue weighted by molar-refractivity contribution is -0.136. The van der Waals surface area contributed by atoms with Crippen LogP contribution in [0.3, 0.4) is 0 Å². The largest absolute Gasteiger partial charge is 0.394 e. The summed E-state index contributed by atoms with van der Waals surface area (Å²) >= 11 is 0. The molecule has 0 aliphatic rings. The molecule has 80 valence electrons. The fourth-order valence-electron chi connectivity index (χ4n) is 0.618. The van der Waals surface area contributed by atoms with Crippen molar-refractivity contribution in [2.45, 2.75) is 24.4 Å². The Hall–Kier alpha value is -0.180. The molecule has 0 unspecified atom stereocenters. The second kappa shape index (κ2) is 7.25. The maximum Gasteiger partial charge on any atom is 0.151 e. The van der Waals surface area contributed by atoms with E-state index in [0.29, 0.717) is 0 Å². The van der Waals surface area contributed by atoms with Gasteiger partial charge in [0.1, 0.15) is 24.4 Å². The first-order chi connectivity index (χ1) is 5.54. The Bertz CT molecular complexity index is 143. The van der Waals surface area contributed by atoms with Crippen molar-refractivity contribution in [3.8, 4) is 0 Å². The van der Waals surface area contributed by atoms with E-state index in [1.54, 1.807) is 0 Å². The predicted molar refractivity (Wildman–Crippen MR) is 47.6 cm³/mol. The molecule has 0 radical (unpaired) electrons. The molecule has 0 aliphatic heterocycles. The van der Waals surface area contributed by atoms with Crippen molar-refractivity contribution in [3.05, 3.63) is 0 Å². The van der Waals surface area contributed by atoms with Crippen LogP contribution in [0.4, 0.5) is 0 Å². The third kappa shape index (κ3) is 4.55. The van der Waals surface area contributed by atoms with E-state index in [0.717, 1.165) is 0 Å². The van der Waals surface area contributed by atoms with E-state index in [1.165, 1.54) is 0 Å². The Morgan fingerprint density at radius 1 is 1.08 bits per heavy atom. The monoisotopic (exact) mass is 214 g/mol. The predicted octanol–water partition coefficient (Wildman–Crippen LogP) is -3.27. The Morgan fingerprint density at radius 3 is 1.85 bits per heavy atom. The molecule has 4 atom stereocenters. The number of carbonyl (C=O) groups excluding carboxylic acids is 1. The molecule has 5 N–H and O–H groups in total. The summed E-state index contributed by atoms with van der Waals surface area (Å²) in [5, 5.41) is 43.5. The molecular weight excluding hydrogens is 200 g/mol. The topological polar surface area (TPSA) is 118 Å². The summed E-state index contributed by atoms with van der Waals surface area (Å²) < 4.78 is 0. The van der Waals surface area contributed by atoms with Crippen LogP contribution in [0.2, 0.25) is 0 Å². The normalized spacial score (nSPS) is 19.5. The van der Waals surface area contributed by atoms with Gasteiger partial charge in [-0.2, -0.15) is 13.5 Å². The minimum absolute atomic E-state index is 0. The molecule has 0 spiro atoms. The van der Waals surface area contributed by atoms with Crippen LogP contribution in [-0.4, -0.2) is 62.8 Å². The number of aliphatic hydroxyl groups is 5. The summed E-state index contributed by atoms with van der Waals surface area (Å²) in [6.45, 7) is -0.760. The lowest BCUT2D eigenvalue weighted by atomic mass is 10.0. The maximum absolute atomic E-state index is 9.90. The number of rotatable bonds is 5. The number of aldehydes is 1. The lowest BCUT2D eigenvalue weighted by Crippen LogP contribution is -2.46. The van der Waals surface area contributed by atoms with Gasteiger partial charge < -0.3 is 30.3 Å². The molecule has 6 nitrogen and oxygen atoms in total. The van der Waals surface area contributed by atoms with Crippen LogP contribution in [0.25, 0.3) is 0 Å². The third-order valence-electron chi connectivity index (χ3n) is 1.42. The maximum atomic E-state index is 9.90. The van der Waals surface area contributed by atoms with Crippen molar-refractivity contribution >= 4 is 19.8 Å². The van der Waals surface area contributed by atoms with E-state index in [-0.39, 0.29) is 19.8 Å². The van der Waals surface area contributed by atoms with E-state index < -0.39 is 31.0 Å². The summed E-state index contributed by atoms with van der Waals surface area (Å²) in [6.07, 6.45) is -6.84. The summed E-state index contributed by atoms with van der Waals surface area (Å²) in [7, 11) is 0. The SMILES string of the molecule is O=C[C@@H](O)[C@@H](O)[C@H](O)[C@H](O)CO.S. The molecule has 0 rings (SSSR count). The fraction of sp³-hybridized carbons (Fsp3) is 0.833. The first-order valence-corrected chi connectivity index (χ1v) is 3.33. The van der Waals surface area contributed by atoms with Gasteiger partial charge in [-0.25, -0.2) is 0 Å². The van der Waals surface area contributed by atoms with Gasteiger partial charge in [0.05, 0.1) is 6.61 Å². The Labute approximate surface area is 81.9 Å². The van der Waals surface area contributed by atoms with Gasteiger partial charge in [-0.15, -0.1) is 0 Å². The molecule has 0 aromatic carbocycles. The quantitative estimate of drug-likeness (QED) is 0.306. The highest BCUT2D eigenvalue weighted by Crippen LogP contribution is 2.02. The summed E-state index contributed by atoms with van der Waals surface area (Å²) in [5.41, 5.74) is 0. The van der Waals surface area contributed by atoms with Crippen LogP contribution in [0.1, 0.15) is 0 Å². The molecule has 0 bridgehead atoms. The van der Waals surface area contributed by atoms with Crippen molar-refractivity contribution in [2.75, 3.05) is 6.61 Å². The summed E-state index contributed by atoms with van der Waals surface area (Å²) in [4.78, 5) is 9.90. The van der Waals surface area contributed by atoms with Gasteiger partial charge in [0.25, 0.3) is 0 Å². The van der Waals surface area contributed by atoms with Crippen LogP contribution in [-0.2, 0) is 4.79 Å². The number of hydrogen-bond donors (Lipinski definition) is 5. The zero-order valence-corrected chi connectivity index (χ0v) is 7.74. The van der Waals surface area contributed by atoms with Crippen LogP contribution in [0.15, 0.2) is 0 Å².